The van der Waals surface area contributed by atoms with Gasteiger partial charge in [-0.3, -0.25) is 0 Å². The molecule has 0 bridgehead atoms. The first-order chi connectivity index (χ1) is 9.11. The molecule has 0 heterocycles. The van der Waals surface area contributed by atoms with Crippen molar-refractivity contribution in [2.75, 3.05) is 18.2 Å². The maximum atomic E-state index is 13.0. The van der Waals surface area contributed by atoms with E-state index in [4.69, 9.17) is 22.1 Å². The van der Waals surface area contributed by atoms with E-state index in [2.05, 4.69) is 5.32 Å². The molecule has 0 radical (unpaired) electrons. The van der Waals surface area contributed by atoms with E-state index in [-0.39, 0.29) is 5.02 Å². The lowest BCUT2D eigenvalue weighted by Crippen LogP contribution is -2.03. The number of nitrogens with two attached hydrogens (primary N) is 1. The molecule has 0 unspecified atom stereocenters. The minimum absolute atomic E-state index is 0.109. The van der Waals surface area contributed by atoms with Crippen molar-refractivity contribution in [2.45, 2.75) is 6.54 Å². The fraction of sp³-hybridized carbons (Fsp3) is 0.143. The molecule has 19 heavy (non-hydrogen) atoms. The Morgan fingerprint density at radius 2 is 2.11 bits per heavy atom. The largest absolute Gasteiger partial charge is 0.495 e. The van der Waals surface area contributed by atoms with Crippen molar-refractivity contribution in [3.63, 3.8) is 0 Å². The Balaban J connectivity index is 2.12. The third kappa shape index (κ3) is 3.09. The smallest absolute Gasteiger partial charge is 0.143 e. The highest BCUT2D eigenvalue weighted by molar-refractivity contribution is 6.30. The molecule has 100 valence electrons. The van der Waals surface area contributed by atoms with Crippen molar-refractivity contribution in [1.29, 1.82) is 0 Å². The normalized spacial score (nSPS) is 10.3. The van der Waals surface area contributed by atoms with E-state index in [0.29, 0.717) is 18.0 Å². The van der Waals surface area contributed by atoms with E-state index in [1.165, 1.54) is 6.07 Å². The van der Waals surface area contributed by atoms with Gasteiger partial charge in [0.05, 0.1) is 23.5 Å². The molecule has 0 amide bonds. The number of rotatable bonds is 4. The van der Waals surface area contributed by atoms with Crippen LogP contribution in [0.5, 0.6) is 5.75 Å². The summed E-state index contributed by atoms with van der Waals surface area (Å²) in [6.45, 7) is 0.497. The van der Waals surface area contributed by atoms with Gasteiger partial charge >= 0.3 is 0 Å². The van der Waals surface area contributed by atoms with E-state index in [0.717, 1.165) is 11.3 Å². The number of methoxy groups -OCH3 is 1. The van der Waals surface area contributed by atoms with Gasteiger partial charge in [-0.15, -0.1) is 0 Å². The number of hydrogen-bond donors (Lipinski definition) is 2. The lowest BCUT2D eigenvalue weighted by Gasteiger charge is -2.12. The molecule has 3 N–H and O–H groups in total. The summed E-state index contributed by atoms with van der Waals surface area (Å²) in [5.74, 6) is 0.188. The summed E-state index contributed by atoms with van der Waals surface area (Å²) in [5, 5.41) is 3.27. The molecular weight excluding hydrogens is 267 g/mol. The molecule has 0 fully saturated rings. The Morgan fingerprint density at radius 1 is 1.32 bits per heavy atom. The molecule has 0 saturated carbocycles. The molecule has 0 saturated heterocycles. The number of nitrogen functional groups attached to an aromatic ring is 1. The number of halogens is 2. The van der Waals surface area contributed by atoms with E-state index in [1.54, 1.807) is 25.3 Å². The second kappa shape index (κ2) is 5.80. The zero-order valence-corrected chi connectivity index (χ0v) is 11.2. The molecular formula is C14H14ClFN2O. The van der Waals surface area contributed by atoms with Crippen LogP contribution >= 0.6 is 11.6 Å². The zero-order chi connectivity index (χ0) is 13.8. The molecule has 2 rings (SSSR count). The maximum absolute atomic E-state index is 13.0. The minimum atomic E-state index is -0.425. The van der Waals surface area contributed by atoms with Crippen LogP contribution in [0.2, 0.25) is 5.02 Å². The van der Waals surface area contributed by atoms with Crippen LogP contribution in [-0.2, 0) is 6.54 Å². The van der Waals surface area contributed by atoms with Crippen LogP contribution in [0.1, 0.15) is 5.56 Å². The van der Waals surface area contributed by atoms with Gasteiger partial charge in [-0.05, 0) is 29.8 Å². The summed E-state index contributed by atoms with van der Waals surface area (Å²) in [4.78, 5) is 0. The van der Waals surface area contributed by atoms with Gasteiger partial charge in [0, 0.05) is 6.54 Å². The number of ether oxygens (including phenoxy) is 1. The Labute approximate surface area is 116 Å². The van der Waals surface area contributed by atoms with Crippen LogP contribution in [0, 0.1) is 5.82 Å². The summed E-state index contributed by atoms with van der Waals surface area (Å²) in [5.41, 5.74) is 8.11. The molecule has 3 nitrogen and oxygen atoms in total. The highest BCUT2D eigenvalue weighted by Gasteiger charge is 2.05. The molecule has 2 aromatic carbocycles. The lowest BCUT2D eigenvalue weighted by atomic mass is 10.2. The summed E-state index contributed by atoms with van der Waals surface area (Å²) in [6.07, 6.45) is 0. The topological polar surface area (TPSA) is 47.3 Å². The standard InChI is InChI=1S/C14H14ClFN2O/c1-19-13-4-2-3-12(14(13)17)18-8-9-5-6-11(16)10(15)7-9/h2-7,18H,8,17H2,1H3. The summed E-state index contributed by atoms with van der Waals surface area (Å²) < 4.78 is 18.2. The second-order valence-electron chi connectivity index (χ2n) is 4.02. The summed E-state index contributed by atoms with van der Waals surface area (Å²) >= 11 is 5.73. The van der Waals surface area contributed by atoms with Gasteiger partial charge in [-0.1, -0.05) is 23.7 Å². The Morgan fingerprint density at radius 3 is 2.79 bits per heavy atom. The van der Waals surface area contributed by atoms with Crippen LogP contribution in [-0.4, -0.2) is 7.11 Å². The number of hydrogen-bond acceptors (Lipinski definition) is 3. The lowest BCUT2D eigenvalue weighted by molar-refractivity contribution is 0.417. The average Bonchev–Trinajstić information content (AvgIpc) is 2.41. The number of benzene rings is 2. The van der Waals surface area contributed by atoms with Crippen molar-refractivity contribution >= 4 is 23.0 Å². The van der Waals surface area contributed by atoms with Crippen molar-refractivity contribution in [1.82, 2.24) is 0 Å². The summed E-state index contributed by atoms with van der Waals surface area (Å²) in [7, 11) is 1.56. The van der Waals surface area contributed by atoms with Gasteiger partial charge in [0.2, 0.25) is 0 Å². The SMILES string of the molecule is COc1cccc(NCc2ccc(F)c(Cl)c2)c1N. The molecule has 0 atom stereocenters. The Bertz CT molecular complexity index is 590. The van der Waals surface area contributed by atoms with Crippen LogP contribution in [0.4, 0.5) is 15.8 Å². The predicted molar refractivity (Wildman–Crippen MR) is 76.1 cm³/mol. The molecule has 0 aromatic heterocycles. The van der Waals surface area contributed by atoms with Gasteiger partial charge in [0.15, 0.2) is 0 Å². The molecule has 5 heteroatoms. The highest BCUT2D eigenvalue weighted by Crippen LogP contribution is 2.29. The van der Waals surface area contributed by atoms with E-state index in [1.807, 2.05) is 12.1 Å². The van der Waals surface area contributed by atoms with Crippen molar-refractivity contribution < 1.29 is 9.13 Å². The first-order valence-electron chi connectivity index (χ1n) is 5.72. The van der Waals surface area contributed by atoms with Gasteiger partial charge in [-0.2, -0.15) is 0 Å². The van der Waals surface area contributed by atoms with Crippen LogP contribution in [0.15, 0.2) is 36.4 Å². The van der Waals surface area contributed by atoms with Gasteiger partial charge < -0.3 is 15.8 Å². The second-order valence-corrected chi connectivity index (χ2v) is 4.43. The third-order valence-electron chi connectivity index (χ3n) is 2.75. The molecule has 0 aliphatic rings. The van der Waals surface area contributed by atoms with Crippen molar-refractivity contribution in [3.05, 3.63) is 52.8 Å². The van der Waals surface area contributed by atoms with Gasteiger partial charge in [0.1, 0.15) is 11.6 Å². The predicted octanol–water partition coefficient (Wildman–Crippen LogP) is 3.68. The van der Waals surface area contributed by atoms with E-state index in [9.17, 15) is 4.39 Å². The number of nitrogens with one attached hydrogen (secondary N) is 1. The molecule has 0 aliphatic carbocycles. The Kier molecular flexibility index (Phi) is 4.12. The first-order valence-corrected chi connectivity index (χ1v) is 6.10. The van der Waals surface area contributed by atoms with Crippen molar-refractivity contribution in [2.24, 2.45) is 0 Å². The summed E-state index contributed by atoms with van der Waals surface area (Å²) in [6, 6.07) is 10.1. The van der Waals surface area contributed by atoms with Gasteiger partial charge in [-0.25, -0.2) is 4.39 Å². The van der Waals surface area contributed by atoms with E-state index < -0.39 is 5.82 Å². The fourth-order valence-electron chi connectivity index (χ4n) is 1.72. The zero-order valence-electron chi connectivity index (χ0n) is 10.4. The van der Waals surface area contributed by atoms with E-state index >= 15 is 0 Å². The fourth-order valence-corrected chi connectivity index (χ4v) is 1.93. The van der Waals surface area contributed by atoms with Crippen LogP contribution in [0.25, 0.3) is 0 Å². The average molecular weight is 281 g/mol. The number of para-hydroxylation sites is 1. The van der Waals surface area contributed by atoms with Crippen LogP contribution < -0.4 is 15.8 Å². The van der Waals surface area contributed by atoms with Gasteiger partial charge in [0.25, 0.3) is 0 Å². The molecule has 0 aliphatic heterocycles. The quantitative estimate of drug-likeness (QED) is 0.840. The highest BCUT2D eigenvalue weighted by atomic mass is 35.5. The maximum Gasteiger partial charge on any atom is 0.143 e. The molecule has 0 spiro atoms. The van der Waals surface area contributed by atoms with Crippen molar-refractivity contribution in [3.8, 4) is 5.75 Å². The first kappa shape index (κ1) is 13.5. The Hall–Kier alpha value is -1.94. The monoisotopic (exact) mass is 280 g/mol. The van der Waals surface area contributed by atoms with Crippen LogP contribution in [0.3, 0.4) is 0 Å². The minimum Gasteiger partial charge on any atom is -0.495 e. The number of anilines is 2. The third-order valence-corrected chi connectivity index (χ3v) is 3.04. The molecule has 2 aromatic rings.